The van der Waals surface area contributed by atoms with Crippen LogP contribution >= 0.6 is 0 Å². The second-order valence-corrected chi connectivity index (χ2v) is 4.33. The first-order valence-corrected chi connectivity index (χ1v) is 5.86. The van der Waals surface area contributed by atoms with Crippen LogP contribution in [0.1, 0.15) is 12.0 Å². The van der Waals surface area contributed by atoms with Gasteiger partial charge in [-0.3, -0.25) is 9.69 Å². The predicted molar refractivity (Wildman–Crippen MR) is 71.8 cm³/mol. The minimum Gasteiger partial charge on any atom is -0.481 e. The monoisotopic (exact) mass is 280 g/mol. The van der Waals surface area contributed by atoms with Gasteiger partial charge in [0.05, 0.1) is 6.42 Å². The van der Waals surface area contributed by atoms with Crippen LogP contribution in [0.4, 0.5) is 10.5 Å². The minimum absolute atomic E-state index is 0.576. The van der Waals surface area contributed by atoms with E-state index in [-0.39, 0.29) is 0 Å². The molecule has 7 heteroatoms. The number of amides is 2. The number of hydrogen-bond acceptors (Lipinski definition) is 3. The van der Waals surface area contributed by atoms with E-state index >= 15 is 0 Å². The highest BCUT2D eigenvalue weighted by Crippen LogP contribution is 2.13. The second-order valence-electron chi connectivity index (χ2n) is 4.33. The van der Waals surface area contributed by atoms with Crippen molar-refractivity contribution in [3.63, 3.8) is 0 Å². The molecule has 0 spiro atoms. The number of urea groups is 1. The van der Waals surface area contributed by atoms with Crippen molar-refractivity contribution < 1.29 is 24.6 Å². The summed E-state index contributed by atoms with van der Waals surface area (Å²) < 4.78 is 0. The first-order chi connectivity index (χ1) is 9.31. The van der Waals surface area contributed by atoms with Crippen molar-refractivity contribution in [3.05, 3.63) is 29.8 Å². The summed E-state index contributed by atoms with van der Waals surface area (Å²) in [6.45, 7) is 1.90. The third-order valence-corrected chi connectivity index (χ3v) is 2.70. The fraction of sp³-hybridized carbons (Fsp3) is 0.308. The van der Waals surface area contributed by atoms with Gasteiger partial charge in [-0.05, 0) is 19.1 Å². The number of carbonyl (C=O) groups is 3. The number of carboxylic acid groups (broad SMARTS) is 2. The first kappa shape index (κ1) is 15.5. The van der Waals surface area contributed by atoms with Gasteiger partial charge in [0, 0.05) is 12.7 Å². The van der Waals surface area contributed by atoms with Crippen LogP contribution in [0.25, 0.3) is 0 Å². The Balaban J connectivity index is 2.75. The van der Waals surface area contributed by atoms with Gasteiger partial charge >= 0.3 is 18.0 Å². The Morgan fingerprint density at radius 2 is 1.75 bits per heavy atom. The number of nitrogens with one attached hydrogen (secondary N) is 1. The zero-order chi connectivity index (χ0) is 15.3. The molecule has 1 aromatic carbocycles. The van der Waals surface area contributed by atoms with Crippen LogP contribution < -0.4 is 10.2 Å². The molecule has 1 atom stereocenters. The number of carbonyl (C=O) groups excluding carboxylic acids is 1. The van der Waals surface area contributed by atoms with Gasteiger partial charge < -0.3 is 15.5 Å². The smallest absolute Gasteiger partial charge is 0.326 e. The number of aryl methyl sites for hydroxylation is 1. The van der Waals surface area contributed by atoms with E-state index in [1.165, 1.54) is 11.9 Å². The van der Waals surface area contributed by atoms with Gasteiger partial charge in [0.15, 0.2) is 0 Å². The van der Waals surface area contributed by atoms with Crippen molar-refractivity contribution in [2.45, 2.75) is 19.4 Å². The molecule has 0 heterocycles. The zero-order valence-electron chi connectivity index (χ0n) is 11.2. The molecular formula is C13H16N2O5. The molecule has 1 unspecified atom stereocenters. The molecule has 0 bridgehead atoms. The van der Waals surface area contributed by atoms with Crippen LogP contribution in [0, 0.1) is 6.92 Å². The predicted octanol–water partition coefficient (Wildman–Crippen LogP) is 1.07. The van der Waals surface area contributed by atoms with Crippen molar-refractivity contribution in [2.24, 2.45) is 0 Å². The van der Waals surface area contributed by atoms with Crippen molar-refractivity contribution >= 4 is 23.7 Å². The topological polar surface area (TPSA) is 107 Å². The molecule has 0 aliphatic carbocycles. The molecule has 3 N–H and O–H groups in total. The summed E-state index contributed by atoms with van der Waals surface area (Å²) in [7, 11) is 1.47. The van der Waals surface area contributed by atoms with E-state index < -0.39 is 30.4 Å². The highest BCUT2D eigenvalue weighted by atomic mass is 16.4. The first-order valence-electron chi connectivity index (χ1n) is 5.86. The van der Waals surface area contributed by atoms with Gasteiger partial charge in [0.1, 0.15) is 6.04 Å². The van der Waals surface area contributed by atoms with Gasteiger partial charge in [0.25, 0.3) is 0 Å². The Labute approximate surface area is 115 Å². The number of anilines is 1. The number of aliphatic carboxylic acids is 2. The Morgan fingerprint density at radius 3 is 2.20 bits per heavy atom. The standard InChI is InChI=1S/C13H16N2O5/c1-8-3-5-9(6-4-8)15(2)13(20)14-10(12(18)19)7-11(16)17/h3-6,10H,7H2,1-2H3,(H,14,20)(H,16,17)(H,18,19). The van der Waals surface area contributed by atoms with E-state index in [1.54, 1.807) is 12.1 Å². The summed E-state index contributed by atoms with van der Waals surface area (Å²) in [6.07, 6.45) is -0.678. The Hall–Kier alpha value is -2.57. The maximum absolute atomic E-state index is 11.9. The van der Waals surface area contributed by atoms with Crippen molar-refractivity contribution in [3.8, 4) is 0 Å². The Morgan fingerprint density at radius 1 is 1.20 bits per heavy atom. The molecular weight excluding hydrogens is 264 g/mol. The van der Waals surface area contributed by atoms with Crippen LogP contribution in [0.15, 0.2) is 24.3 Å². The summed E-state index contributed by atoms with van der Waals surface area (Å²) in [5.74, 6) is -2.69. The van der Waals surface area contributed by atoms with Crippen LogP contribution in [0.3, 0.4) is 0 Å². The quantitative estimate of drug-likeness (QED) is 0.747. The van der Waals surface area contributed by atoms with Crippen LogP contribution in [-0.2, 0) is 9.59 Å². The lowest BCUT2D eigenvalue weighted by Crippen LogP contribution is -2.47. The van der Waals surface area contributed by atoms with E-state index in [9.17, 15) is 14.4 Å². The lowest BCUT2D eigenvalue weighted by Gasteiger charge is -2.20. The molecule has 1 aromatic rings. The molecule has 0 radical (unpaired) electrons. The summed E-state index contributed by atoms with van der Waals surface area (Å²) in [5.41, 5.74) is 1.60. The van der Waals surface area contributed by atoms with E-state index in [1.807, 2.05) is 19.1 Å². The molecule has 2 amide bonds. The molecule has 0 aromatic heterocycles. The SMILES string of the molecule is Cc1ccc(N(C)C(=O)NC(CC(=O)O)C(=O)O)cc1. The number of benzene rings is 1. The van der Waals surface area contributed by atoms with Crippen molar-refractivity contribution in [2.75, 3.05) is 11.9 Å². The van der Waals surface area contributed by atoms with Gasteiger partial charge in [0.2, 0.25) is 0 Å². The van der Waals surface area contributed by atoms with Crippen molar-refractivity contribution in [1.29, 1.82) is 0 Å². The third-order valence-electron chi connectivity index (χ3n) is 2.70. The maximum atomic E-state index is 11.9. The molecule has 20 heavy (non-hydrogen) atoms. The molecule has 1 rings (SSSR count). The van der Waals surface area contributed by atoms with Crippen molar-refractivity contribution in [1.82, 2.24) is 5.32 Å². The largest absolute Gasteiger partial charge is 0.481 e. The molecule has 108 valence electrons. The van der Waals surface area contributed by atoms with E-state index in [4.69, 9.17) is 10.2 Å². The summed E-state index contributed by atoms with van der Waals surface area (Å²) in [5, 5.41) is 19.6. The average molecular weight is 280 g/mol. The van der Waals surface area contributed by atoms with Gasteiger partial charge in [-0.15, -0.1) is 0 Å². The third kappa shape index (κ3) is 4.27. The van der Waals surface area contributed by atoms with Crippen LogP contribution in [0.5, 0.6) is 0 Å². The summed E-state index contributed by atoms with van der Waals surface area (Å²) in [6, 6.07) is 4.90. The lowest BCUT2D eigenvalue weighted by atomic mass is 10.2. The number of carboxylic acids is 2. The molecule has 0 saturated heterocycles. The lowest BCUT2D eigenvalue weighted by molar-refractivity contribution is -0.145. The van der Waals surface area contributed by atoms with Gasteiger partial charge in [-0.1, -0.05) is 17.7 Å². The zero-order valence-corrected chi connectivity index (χ0v) is 11.2. The number of hydrogen-bond donors (Lipinski definition) is 3. The molecule has 0 aliphatic rings. The highest BCUT2D eigenvalue weighted by Gasteiger charge is 2.24. The van der Waals surface area contributed by atoms with E-state index in [0.717, 1.165) is 5.56 Å². The minimum atomic E-state index is -1.46. The fourth-order valence-corrected chi connectivity index (χ4v) is 1.51. The average Bonchev–Trinajstić information content (AvgIpc) is 2.37. The van der Waals surface area contributed by atoms with E-state index in [2.05, 4.69) is 5.32 Å². The number of nitrogens with zero attached hydrogens (tertiary/aromatic N) is 1. The second kappa shape index (κ2) is 6.55. The van der Waals surface area contributed by atoms with E-state index in [0.29, 0.717) is 5.69 Å². The molecule has 0 fully saturated rings. The van der Waals surface area contributed by atoms with Crippen LogP contribution in [-0.4, -0.2) is 41.3 Å². The normalized spacial score (nSPS) is 11.5. The number of rotatable bonds is 5. The summed E-state index contributed by atoms with van der Waals surface area (Å²) in [4.78, 5) is 34.5. The van der Waals surface area contributed by atoms with Crippen LogP contribution in [0.2, 0.25) is 0 Å². The fourth-order valence-electron chi connectivity index (χ4n) is 1.51. The highest BCUT2D eigenvalue weighted by molar-refractivity contribution is 5.94. The summed E-state index contributed by atoms with van der Waals surface area (Å²) >= 11 is 0. The maximum Gasteiger partial charge on any atom is 0.326 e. The Bertz CT molecular complexity index is 512. The molecule has 7 nitrogen and oxygen atoms in total. The van der Waals surface area contributed by atoms with Gasteiger partial charge in [-0.25, -0.2) is 9.59 Å². The van der Waals surface area contributed by atoms with Gasteiger partial charge in [-0.2, -0.15) is 0 Å². The molecule has 0 aliphatic heterocycles. The Kier molecular flexibility index (Phi) is 5.08. The molecule has 0 saturated carbocycles.